The second-order valence-corrected chi connectivity index (χ2v) is 20.0. The monoisotopic (exact) mass is 1050 g/mol. The Hall–Kier alpha value is -6.50. The first kappa shape index (κ1) is 37.7. The molecule has 0 unspecified atom stereocenters. The van der Waals surface area contributed by atoms with Gasteiger partial charge in [0, 0.05) is 12.4 Å². The van der Waals surface area contributed by atoms with Crippen LogP contribution in [0, 0.1) is 22.9 Å². The van der Waals surface area contributed by atoms with Gasteiger partial charge < -0.3 is 0 Å². The molecule has 0 fully saturated rings. The maximum atomic E-state index is 9.26. The molecule has 0 saturated carbocycles. The number of benzene rings is 6. The number of aromatic nitrogens is 5. The quantitative estimate of drug-likeness (QED) is 0.107. The topological polar surface area (TPSA) is 53.0 Å². The fourth-order valence-corrected chi connectivity index (χ4v) is 10.00. The molecule has 7 nitrogen and oxygen atoms in total. The molecule has 66 heavy (non-hydrogen) atoms. The number of fused-ring (bicyclic) bond motifs is 4. The van der Waals surface area contributed by atoms with E-state index >= 15 is 0 Å². The van der Waals surface area contributed by atoms with Gasteiger partial charge in [-0.3, -0.25) is 0 Å². The van der Waals surface area contributed by atoms with Crippen molar-refractivity contribution >= 4 is 29.5 Å². The van der Waals surface area contributed by atoms with Gasteiger partial charge in [-0.15, -0.1) is 0 Å². The zero-order chi connectivity index (χ0) is 50.3. The molecule has 9 heteroatoms. The van der Waals surface area contributed by atoms with Crippen LogP contribution in [0.3, 0.4) is 0 Å². The van der Waals surface area contributed by atoms with E-state index in [1.165, 1.54) is 0 Å². The Labute approximate surface area is 406 Å². The fourth-order valence-electron chi connectivity index (χ4n) is 8.92. The van der Waals surface area contributed by atoms with Crippen molar-refractivity contribution in [3.05, 3.63) is 184 Å². The van der Waals surface area contributed by atoms with E-state index in [1.807, 2.05) is 73.1 Å². The van der Waals surface area contributed by atoms with E-state index in [4.69, 9.17) is 18.9 Å². The molecule has 6 aromatic carbocycles. The van der Waals surface area contributed by atoms with Crippen molar-refractivity contribution in [2.75, 3.05) is 4.81 Å². The van der Waals surface area contributed by atoms with Gasteiger partial charge in [-0.1, -0.05) is 13.3 Å². The summed E-state index contributed by atoms with van der Waals surface area (Å²) in [5, 5.41) is 4.77. The second-order valence-electron chi connectivity index (χ2n) is 19.0. The Bertz CT molecular complexity index is 3580. The molecule has 0 amide bonds. The Kier molecular flexibility index (Phi) is 9.74. The standard InChI is InChI=1S/C57H53BN6O.Pt/c1-9-29-58-63(54-32-39(2)27-30-59-54)53-37-46(25-26-49(53)50-28-31-60-64(50)58)65-45-20-15-19-44(36-45)61-38-62(52-24-14-13-23-51(52)61)55-47(40-17-11-10-12-18-40)21-16-22-48(55)41-33-42(56(3,4)5)35-43(34-41)57(6,7)8;/h10-28,30-35H,9,29H2,1-8H3;/q-2;/i10D,11D,12D,17D,18D;. The molecule has 0 aliphatic carbocycles. The van der Waals surface area contributed by atoms with E-state index in [-0.39, 0.29) is 47.5 Å². The van der Waals surface area contributed by atoms with E-state index in [0.717, 1.165) is 78.2 Å². The van der Waals surface area contributed by atoms with Crippen LogP contribution in [0.5, 0.6) is 11.5 Å². The average Bonchev–Trinajstić information content (AvgIpc) is 3.95. The summed E-state index contributed by atoms with van der Waals surface area (Å²) in [6.45, 7) is 17.4. The van der Waals surface area contributed by atoms with Crippen LogP contribution < -0.4 is 9.55 Å². The predicted molar refractivity (Wildman–Crippen MR) is 267 cm³/mol. The van der Waals surface area contributed by atoms with Crippen molar-refractivity contribution < 1.29 is 30.9 Å². The van der Waals surface area contributed by atoms with Crippen molar-refractivity contribution in [3.8, 4) is 56.4 Å². The summed E-state index contributed by atoms with van der Waals surface area (Å²) in [4.78, 5) is 7.04. The molecule has 10 rings (SSSR count). The number of pyridine rings is 1. The molecule has 0 radical (unpaired) electrons. The Morgan fingerprint density at radius 2 is 1.38 bits per heavy atom. The zero-order valence-electron chi connectivity index (χ0n) is 43.4. The molecule has 1 aliphatic rings. The van der Waals surface area contributed by atoms with Crippen LogP contribution >= 0.6 is 0 Å². The van der Waals surface area contributed by atoms with Crippen molar-refractivity contribution in [2.24, 2.45) is 0 Å². The molecule has 0 atom stereocenters. The third-order valence-electron chi connectivity index (χ3n) is 12.3. The van der Waals surface area contributed by atoms with Gasteiger partial charge in [-0.2, -0.15) is 5.10 Å². The Morgan fingerprint density at radius 3 is 2.08 bits per heavy atom. The minimum atomic E-state index is -0.438. The summed E-state index contributed by atoms with van der Waals surface area (Å²) in [6, 6.07) is 42.1. The summed E-state index contributed by atoms with van der Waals surface area (Å²) >= 11 is 2.34. The number of hydrogen-bond acceptors (Lipinski definition) is 4. The molecule has 3 aromatic heterocycles. The van der Waals surface area contributed by atoms with Crippen molar-refractivity contribution in [1.29, 1.82) is 0 Å². The van der Waals surface area contributed by atoms with E-state index < -0.39 is 6.04 Å². The molecule has 332 valence electrons. The molecule has 0 bridgehead atoms. The molecular weight excluding hydrogens is 991 g/mol. The Morgan fingerprint density at radius 1 is 0.697 bits per heavy atom. The first-order valence-electron chi connectivity index (χ1n) is 24.9. The third-order valence-corrected chi connectivity index (χ3v) is 13.3. The normalized spacial score (nSPS) is 13.8. The van der Waals surface area contributed by atoms with E-state index in [0.29, 0.717) is 28.4 Å². The van der Waals surface area contributed by atoms with E-state index in [2.05, 4.69) is 154 Å². The summed E-state index contributed by atoms with van der Waals surface area (Å²) in [7, 11) is 0. The number of ether oxygens (including phenoxy) is 1. The average molecular weight is 1050 g/mol. The number of nitrogens with zero attached hydrogens (tertiary/aromatic N) is 6. The summed E-state index contributed by atoms with van der Waals surface area (Å²) < 4.78 is 58.4. The van der Waals surface area contributed by atoms with Gasteiger partial charge in [0.1, 0.15) is 0 Å². The number of rotatable bonds is 9. The van der Waals surface area contributed by atoms with Crippen LogP contribution in [-0.4, -0.2) is 30.8 Å². The molecule has 4 heterocycles. The van der Waals surface area contributed by atoms with Gasteiger partial charge >= 0.3 is 359 Å². The predicted octanol–water partition coefficient (Wildman–Crippen LogP) is 14.3. The third kappa shape index (κ3) is 7.89. The number of para-hydroxylation sites is 3. The van der Waals surface area contributed by atoms with Gasteiger partial charge in [0.15, 0.2) is 0 Å². The molecule has 0 N–H and O–H groups in total. The number of aryl methyl sites for hydroxylation is 1. The zero-order valence-corrected chi connectivity index (χ0v) is 40.7. The number of anilines is 2. The van der Waals surface area contributed by atoms with Crippen LogP contribution in [0.15, 0.2) is 152 Å². The van der Waals surface area contributed by atoms with Gasteiger partial charge in [0.2, 0.25) is 0 Å². The van der Waals surface area contributed by atoms with Crippen molar-refractivity contribution in [2.45, 2.75) is 79.0 Å². The first-order valence-corrected chi connectivity index (χ1v) is 23.6. The molecule has 9 aromatic rings. The van der Waals surface area contributed by atoms with Crippen LogP contribution in [0.1, 0.15) is 78.4 Å². The molecular formula is C57H53BN6OPt-2. The fraction of sp³-hybridized carbons (Fsp3) is 0.211. The summed E-state index contributed by atoms with van der Waals surface area (Å²) in [5.74, 6) is 1.81. The van der Waals surface area contributed by atoms with Gasteiger partial charge in [-0.05, 0) is 18.6 Å². The number of hydrogen-bond donors (Lipinski definition) is 0. The minimum absolute atomic E-state index is 0.113. The van der Waals surface area contributed by atoms with Crippen molar-refractivity contribution in [1.82, 2.24) is 23.8 Å². The van der Waals surface area contributed by atoms with Crippen LogP contribution in [0.2, 0.25) is 6.32 Å². The van der Waals surface area contributed by atoms with Crippen LogP contribution in [-0.2, 0) is 30.2 Å². The van der Waals surface area contributed by atoms with E-state index in [1.54, 1.807) is 0 Å². The van der Waals surface area contributed by atoms with Gasteiger partial charge in [0.05, 0.1) is 0 Å². The maximum absolute atomic E-state index is 9.26. The molecule has 1 aliphatic heterocycles. The van der Waals surface area contributed by atoms with Crippen LogP contribution in [0.4, 0.5) is 11.5 Å². The van der Waals surface area contributed by atoms with Gasteiger partial charge in [0.25, 0.3) is 0 Å². The summed E-state index contributed by atoms with van der Waals surface area (Å²) in [6.07, 6.45) is 5.47. The Balaban J connectivity index is 1.16. The first-order chi connectivity index (χ1) is 33.8. The van der Waals surface area contributed by atoms with Crippen LogP contribution in [0.25, 0.3) is 55.9 Å². The molecule has 0 spiro atoms. The van der Waals surface area contributed by atoms with Crippen molar-refractivity contribution in [3.63, 3.8) is 0 Å². The SMILES string of the molecule is [2H]c1c([2H])c([2H])c(-c2cccc(-c3cc(C(C)(C)C)cc(C(C)(C)C)c3)c2-n2[c](=[Pt])n(-c3[c-]c(Oc4[c-]c5c(cc4)-c4ccnn4B(CCC)N5c4cc(C)ccn4)ccc3)c3ccccc32)c([2H])c1[2H]. The molecule has 0 saturated heterocycles. The van der Waals surface area contributed by atoms with E-state index in [9.17, 15) is 2.74 Å². The second kappa shape index (κ2) is 17.1. The number of imidazole rings is 1. The summed E-state index contributed by atoms with van der Waals surface area (Å²) in [5.41, 5.74) is 11.4. The van der Waals surface area contributed by atoms with Gasteiger partial charge in [-0.25, -0.2) is 0 Å².